The number of aryl methyl sites for hydroxylation is 1. The second-order valence-electron chi connectivity index (χ2n) is 12.1. The van der Waals surface area contributed by atoms with E-state index in [4.69, 9.17) is 4.74 Å². The molecule has 4 N–H and O–H groups in total. The van der Waals surface area contributed by atoms with Crippen LogP contribution in [0.2, 0.25) is 0 Å². The monoisotopic (exact) mass is 595 g/mol. The van der Waals surface area contributed by atoms with Gasteiger partial charge < -0.3 is 25.6 Å². The molecule has 9 nitrogen and oxygen atoms in total. The van der Waals surface area contributed by atoms with Crippen LogP contribution in [0.1, 0.15) is 51.2 Å². The Hall–Kier alpha value is -3.50. The predicted octanol–water partition coefficient (Wildman–Crippen LogP) is 2.58. The van der Waals surface area contributed by atoms with Gasteiger partial charge in [0.05, 0.1) is 6.04 Å². The van der Waals surface area contributed by atoms with Gasteiger partial charge in [0.1, 0.15) is 30.3 Å². The number of para-hydroxylation sites is 1. The van der Waals surface area contributed by atoms with Crippen molar-refractivity contribution in [3.8, 4) is 5.75 Å². The minimum absolute atomic E-state index is 0.219. The summed E-state index contributed by atoms with van der Waals surface area (Å²) in [7, 11) is 0. The highest BCUT2D eigenvalue weighted by atomic mass is 19.1. The molecule has 0 unspecified atom stereocenters. The quantitative estimate of drug-likeness (QED) is 0.423. The van der Waals surface area contributed by atoms with Crippen molar-refractivity contribution in [1.82, 2.24) is 26.2 Å². The van der Waals surface area contributed by atoms with E-state index in [0.29, 0.717) is 38.1 Å². The highest BCUT2D eigenvalue weighted by molar-refractivity contribution is 5.93. The van der Waals surface area contributed by atoms with Gasteiger partial charge >= 0.3 is 0 Å². The molecule has 0 aliphatic carbocycles. The highest BCUT2D eigenvalue weighted by Crippen LogP contribution is 2.20. The maximum Gasteiger partial charge on any atom is 0.243 e. The zero-order valence-corrected chi connectivity index (χ0v) is 25.5. The summed E-state index contributed by atoms with van der Waals surface area (Å²) in [6.07, 6.45) is 3.77. The second kappa shape index (κ2) is 15.8. The van der Waals surface area contributed by atoms with Crippen LogP contribution in [0.25, 0.3) is 0 Å². The molecule has 10 heteroatoms. The minimum atomic E-state index is -0.865. The van der Waals surface area contributed by atoms with Gasteiger partial charge in [-0.05, 0) is 87.4 Å². The van der Waals surface area contributed by atoms with Gasteiger partial charge in [0.2, 0.25) is 17.7 Å². The van der Waals surface area contributed by atoms with Crippen LogP contribution in [0.3, 0.4) is 0 Å². The van der Waals surface area contributed by atoms with E-state index in [9.17, 15) is 18.8 Å². The van der Waals surface area contributed by atoms with Crippen LogP contribution >= 0.6 is 0 Å². The summed E-state index contributed by atoms with van der Waals surface area (Å²) >= 11 is 0. The average Bonchev–Trinajstić information content (AvgIpc) is 3.49. The van der Waals surface area contributed by atoms with Crippen molar-refractivity contribution in [3.05, 3.63) is 65.5 Å². The summed E-state index contributed by atoms with van der Waals surface area (Å²) in [5.41, 5.74) is 1.68. The van der Waals surface area contributed by atoms with Gasteiger partial charge in [-0.3, -0.25) is 19.7 Å². The first-order valence-corrected chi connectivity index (χ1v) is 15.5. The molecule has 234 valence electrons. The standard InChI is InChI=1S/C33H46FN5O4/c1-22(2)30-33(42)37-28(20-39-16-6-7-17-39)31(40)35-15-9-12-25-11-4-5-14-29(25)43-21-23(3)36-27(32(41)38-30)19-24-10-8-13-26(34)18-24/h4-5,8,10-11,13-14,18,22-23,27-28,30,36H,6-7,9,12,15-17,19-21H2,1-3H3,(H,35,40)(H,37,42)(H,38,41)/t23-,27+,28-,30+/m0/s1. The Balaban J connectivity index is 1.60. The van der Waals surface area contributed by atoms with Crippen LogP contribution in [0.5, 0.6) is 5.75 Å². The Morgan fingerprint density at radius 2 is 1.70 bits per heavy atom. The van der Waals surface area contributed by atoms with Crippen LogP contribution in [-0.4, -0.2) is 79.6 Å². The number of ether oxygens (including phenoxy) is 1. The summed E-state index contributed by atoms with van der Waals surface area (Å²) in [5.74, 6) is -0.886. The molecule has 2 aliphatic heterocycles. The molecule has 2 heterocycles. The number of carbonyl (C=O) groups excluding carboxylic acids is 3. The number of rotatable bonds is 5. The third kappa shape index (κ3) is 9.76. The summed E-state index contributed by atoms with van der Waals surface area (Å²) in [5, 5.41) is 12.2. The van der Waals surface area contributed by atoms with Gasteiger partial charge in [-0.1, -0.05) is 44.2 Å². The molecule has 1 fully saturated rings. The summed E-state index contributed by atoms with van der Waals surface area (Å²) in [6.45, 7) is 8.57. The van der Waals surface area contributed by atoms with E-state index in [1.165, 1.54) is 12.1 Å². The fourth-order valence-electron chi connectivity index (χ4n) is 5.67. The Morgan fingerprint density at radius 3 is 2.44 bits per heavy atom. The average molecular weight is 596 g/mol. The van der Waals surface area contributed by atoms with Gasteiger partial charge in [0.15, 0.2) is 0 Å². The molecule has 0 bridgehead atoms. The Labute approximate surface area is 254 Å². The number of likely N-dealkylation sites (tertiary alicyclic amines) is 1. The summed E-state index contributed by atoms with van der Waals surface area (Å²) in [6, 6.07) is 11.4. The highest BCUT2D eigenvalue weighted by Gasteiger charge is 2.32. The molecule has 4 rings (SSSR count). The van der Waals surface area contributed by atoms with Gasteiger partial charge in [-0.25, -0.2) is 4.39 Å². The van der Waals surface area contributed by atoms with Crippen LogP contribution in [0.15, 0.2) is 48.5 Å². The van der Waals surface area contributed by atoms with Crippen molar-refractivity contribution >= 4 is 17.7 Å². The lowest BCUT2D eigenvalue weighted by Crippen LogP contribution is -2.60. The molecule has 43 heavy (non-hydrogen) atoms. The lowest BCUT2D eigenvalue weighted by molar-refractivity contribution is -0.133. The lowest BCUT2D eigenvalue weighted by atomic mass is 10.00. The molecule has 0 aromatic heterocycles. The zero-order valence-electron chi connectivity index (χ0n) is 25.5. The summed E-state index contributed by atoms with van der Waals surface area (Å²) < 4.78 is 20.2. The number of hydrogen-bond donors (Lipinski definition) is 4. The molecule has 0 spiro atoms. The number of nitrogens with one attached hydrogen (secondary N) is 4. The van der Waals surface area contributed by atoms with E-state index in [0.717, 1.165) is 37.2 Å². The fraction of sp³-hybridized carbons (Fsp3) is 0.545. The van der Waals surface area contributed by atoms with Gasteiger partial charge in [0.25, 0.3) is 0 Å². The number of halogens is 1. The Kier molecular flexibility index (Phi) is 11.9. The Bertz CT molecular complexity index is 1240. The smallest absolute Gasteiger partial charge is 0.243 e. The number of amides is 3. The SMILES string of the molecule is CC(C)[C@H]1NC(=O)[C@@H](Cc2cccc(F)c2)N[C@@H](C)COc2ccccc2CCCNC(=O)[C@H](CN2CCCC2)NC1=O. The first kappa shape index (κ1) is 32.4. The maximum atomic E-state index is 14.0. The van der Waals surface area contributed by atoms with E-state index in [1.807, 2.05) is 45.0 Å². The maximum absolute atomic E-state index is 14.0. The molecule has 3 amide bonds. The number of carbonyl (C=O) groups is 3. The Morgan fingerprint density at radius 1 is 0.930 bits per heavy atom. The second-order valence-corrected chi connectivity index (χ2v) is 12.1. The van der Waals surface area contributed by atoms with Crippen molar-refractivity contribution in [3.63, 3.8) is 0 Å². The van der Waals surface area contributed by atoms with E-state index in [-0.39, 0.29) is 36.0 Å². The van der Waals surface area contributed by atoms with E-state index in [2.05, 4.69) is 26.2 Å². The van der Waals surface area contributed by atoms with Gasteiger partial charge in [0, 0.05) is 19.1 Å². The zero-order chi connectivity index (χ0) is 30.8. The number of benzene rings is 2. The third-order valence-corrected chi connectivity index (χ3v) is 8.03. The molecule has 2 aromatic rings. The van der Waals surface area contributed by atoms with Crippen LogP contribution in [0.4, 0.5) is 4.39 Å². The molecule has 1 saturated heterocycles. The number of fused-ring (bicyclic) bond motifs is 1. The molecule has 2 aromatic carbocycles. The number of hydrogen-bond acceptors (Lipinski definition) is 6. The number of nitrogens with zero attached hydrogens (tertiary/aromatic N) is 1. The normalized spacial score (nSPS) is 25.1. The first-order chi connectivity index (χ1) is 20.7. The van der Waals surface area contributed by atoms with Crippen molar-refractivity contribution < 1.29 is 23.5 Å². The van der Waals surface area contributed by atoms with Gasteiger partial charge in [-0.15, -0.1) is 0 Å². The first-order valence-electron chi connectivity index (χ1n) is 15.5. The molecular formula is C33H46FN5O4. The van der Waals surface area contributed by atoms with E-state index < -0.39 is 24.0 Å². The molecule has 0 radical (unpaired) electrons. The van der Waals surface area contributed by atoms with Crippen LogP contribution in [-0.2, 0) is 27.2 Å². The van der Waals surface area contributed by atoms with Crippen molar-refractivity contribution in [2.45, 2.75) is 77.0 Å². The predicted molar refractivity (Wildman–Crippen MR) is 164 cm³/mol. The van der Waals surface area contributed by atoms with Crippen molar-refractivity contribution in [2.24, 2.45) is 5.92 Å². The minimum Gasteiger partial charge on any atom is -0.492 e. The van der Waals surface area contributed by atoms with E-state index >= 15 is 0 Å². The molecule has 2 aliphatic rings. The lowest BCUT2D eigenvalue weighted by Gasteiger charge is -2.30. The third-order valence-electron chi connectivity index (χ3n) is 8.03. The molecule has 0 saturated carbocycles. The topological polar surface area (TPSA) is 112 Å². The largest absolute Gasteiger partial charge is 0.492 e. The van der Waals surface area contributed by atoms with Gasteiger partial charge in [-0.2, -0.15) is 0 Å². The summed E-state index contributed by atoms with van der Waals surface area (Å²) in [4.78, 5) is 42.9. The molecule has 4 atom stereocenters. The molecular weight excluding hydrogens is 549 g/mol. The van der Waals surface area contributed by atoms with Crippen LogP contribution < -0.4 is 26.0 Å². The van der Waals surface area contributed by atoms with Crippen molar-refractivity contribution in [1.29, 1.82) is 0 Å². The fourth-order valence-corrected chi connectivity index (χ4v) is 5.67. The van der Waals surface area contributed by atoms with Crippen molar-refractivity contribution in [2.75, 3.05) is 32.8 Å². The van der Waals surface area contributed by atoms with E-state index in [1.54, 1.807) is 12.1 Å². The van der Waals surface area contributed by atoms with Crippen LogP contribution in [0, 0.1) is 11.7 Å².